The first kappa shape index (κ1) is 13.8. The quantitative estimate of drug-likeness (QED) is 0.682. The third-order valence-electron chi connectivity index (χ3n) is 3.64. The van der Waals surface area contributed by atoms with E-state index in [4.69, 9.17) is 10.2 Å². The Labute approximate surface area is 99.8 Å². The fourth-order valence-electron chi connectivity index (χ4n) is 2.44. The molecule has 17 heavy (non-hydrogen) atoms. The average molecular weight is 245 g/mol. The summed E-state index contributed by atoms with van der Waals surface area (Å²) in [4.78, 5) is 23.4. The molecule has 0 aliphatic carbocycles. The van der Waals surface area contributed by atoms with Crippen LogP contribution in [0.25, 0.3) is 0 Å². The van der Waals surface area contributed by atoms with Crippen molar-refractivity contribution in [3.8, 4) is 0 Å². The lowest BCUT2D eigenvalue weighted by Crippen LogP contribution is -2.53. The summed E-state index contributed by atoms with van der Waals surface area (Å²) in [6.07, 6.45) is 0.640. The fraction of sp³-hybridized carbons (Fsp3) is 0.818. The number of amides is 1. The van der Waals surface area contributed by atoms with E-state index in [1.54, 1.807) is 6.92 Å². The van der Waals surface area contributed by atoms with Crippen molar-refractivity contribution >= 4 is 12.1 Å². The molecule has 1 fully saturated rings. The summed E-state index contributed by atoms with van der Waals surface area (Å²) >= 11 is 0. The predicted octanol–water partition coefficient (Wildman–Crippen LogP) is 0.850. The topological polar surface area (TPSA) is 98.1 Å². The maximum atomic E-state index is 11.3. The van der Waals surface area contributed by atoms with Gasteiger partial charge in [-0.15, -0.1) is 0 Å². The molecule has 1 aliphatic heterocycles. The normalized spacial score (nSPS) is 29.1. The maximum Gasteiger partial charge on any atom is 0.407 e. The molecule has 0 saturated carbocycles. The molecule has 6 heteroatoms. The summed E-state index contributed by atoms with van der Waals surface area (Å²) in [6.45, 7) is 2.02. The largest absolute Gasteiger partial charge is 0.481 e. The Hall–Kier alpha value is -1.30. The van der Waals surface area contributed by atoms with Gasteiger partial charge in [0.1, 0.15) is 0 Å². The molecule has 0 aromatic heterocycles. The number of piperidine rings is 1. The molecule has 1 amide bonds. The van der Waals surface area contributed by atoms with Crippen LogP contribution in [0.15, 0.2) is 0 Å². The summed E-state index contributed by atoms with van der Waals surface area (Å²) in [7, 11) is 0. The van der Waals surface area contributed by atoms with Crippen LogP contribution in [0.2, 0.25) is 0 Å². The molecule has 0 bridgehead atoms. The van der Waals surface area contributed by atoms with Gasteiger partial charge in [0.15, 0.2) is 0 Å². The van der Waals surface area contributed by atoms with E-state index >= 15 is 0 Å². The van der Waals surface area contributed by atoms with Crippen LogP contribution in [0.3, 0.4) is 0 Å². The van der Waals surface area contributed by atoms with Gasteiger partial charge < -0.3 is 20.2 Å². The molecule has 1 heterocycles. The minimum Gasteiger partial charge on any atom is -0.481 e. The highest BCUT2D eigenvalue weighted by atomic mass is 16.4. The maximum absolute atomic E-state index is 11.3. The highest BCUT2D eigenvalue weighted by Gasteiger charge is 2.46. The van der Waals surface area contributed by atoms with Gasteiger partial charge in [0, 0.05) is 19.7 Å². The monoisotopic (exact) mass is 245 g/mol. The van der Waals surface area contributed by atoms with Crippen LogP contribution >= 0.6 is 0 Å². The molecule has 0 radical (unpaired) electrons. The van der Waals surface area contributed by atoms with Crippen molar-refractivity contribution in [2.24, 2.45) is 11.3 Å². The molecular weight excluding hydrogens is 226 g/mol. The van der Waals surface area contributed by atoms with Gasteiger partial charge in [-0.05, 0) is 32.1 Å². The van der Waals surface area contributed by atoms with E-state index in [0.29, 0.717) is 25.8 Å². The molecule has 98 valence electrons. The molecule has 1 saturated heterocycles. The van der Waals surface area contributed by atoms with Crippen LogP contribution in [0, 0.1) is 11.3 Å². The third-order valence-corrected chi connectivity index (χ3v) is 3.64. The Morgan fingerprint density at radius 2 is 2.06 bits per heavy atom. The smallest absolute Gasteiger partial charge is 0.407 e. The number of carboxylic acids is 1. The molecule has 1 aliphatic rings. The fourth-order valence-corrected chi connectivity index (χ4v) is 2.44. The Kier molecular flexibility index (Phi) is 4.34. The zero-order valence-electron chi connectivity index (χ0n) is 9.93. The Morgan fingerprint density at radius 3 is 2.53 bits per heavy atom. The Morgan fingerprint density at radius 1 is 1.41 bits per heavy atom. The molecular formula is C11H19NO5. The van der Waals surface area contributed by atoms with Crippen LogP contribution in [0.4, 0.5) is 4.79 Å². The standard InChI is InChI=1S/C11H19NO5/c1-11(9(14)15)7-12(10(16)17)5-4-8(11)3-2-6-13/h8,13H,2-7H2,1H3,(H,14,15)(H,16,17). The zero-order valence-corrected chi connectivity index (χ0v) is 9.93. The molecule has 0 aromatic carbocycles. The first-order chi connectivity index (χ1) is 7.91. The molecule has 6 nitrogen and oxygen atoms in total. The van der Waals surface area contributed by atoms with Crippen molar-refractivity contribution in [2.75, 3.05) is 19.7 Å². The first-order valence-electron chi connectivity index (χ1n) is 5.74. The lowest BCUT2D eigenvalue weighted by Gasteiger charge is -2.42. The van der Waals surface area contributed by atoms with Gasteiger partial charge in [-0.1, -0.05) is 0 Å². The number of aliphatic hydroxyl groups excluding tert-OH is 1. The highest BCUT2D eigenvalue weighted by Crippen LogP contribution is 2.38. The van der Waals surface area contributed by atoms with Crippen LogP contribution in [0.1, 0.15) is 26.2 Å². The first-order valence-corrected chi connectivity index (χ1v) is 5.74. The van der Waals surface area contributed by atoms with E-state index in [9.17, 15) is 14.7 Å². The van der Waals surface area contributed by atoms with Crippen molar-refractivity contribution in [2.45, 2.75) is 26.2 Å². The number of rotatable bonds is 4. The minimum absolute atomic E-state index is 0.0216. The number of likely N-dealkylation sites (tertiary alicyclic amines) is 1. The second-order valence-corrected chi connectivity index (χ2v) is 4.78. The Bertz CT molecular complexity index is 306. The van der Waals surface area contributed by atoms with E-state index in [2.05, 4.69) is 0 Å². The summed E-state index contributed by atoms with van der Waals surface area (Å²) in [5, 5.41) is 27.0. The number of hydrogen-bond donors (Lipinski definition) is 3. The summed E-state index contributed by atoms with van der Waals surface area (Å²) in [6, 6.07) is 0. The van der Waals surface area contributed by atoms with E-state index < -0.39 is 17.5 Å². The van der Waals surface area contributed by atoms with Gasteiger partial charge in [0.2, 0.25) is 0 Å². The number of aliphatic carboxylic acids is 1. The van der Waals surface area contributed by atoms with Crippen molar-refractivity contribution in [1.29, 1.82) is 0 Å². The molecule has 2 atom stereocenters. The van der Waals surface area contributed by atoms with Gasteiger partial charge in [0.25, 0.3) is 0 Å². The van der Waals surface area contributed by atoms with Crippen LogP contribution in [-0.4, -0.2) is 52.0 Å². The van der Waals surface area contributed by atoms with Crippen molar-refractivity contribution in [3.05, 3.63) is 0 Å². The lowest BCUT2D eigenvalue weighted by atomic mass is 9.70. The van der Waals surface area contributed by atoms with Crippen molar-refractivity contribution in [1.82, 2.24) is 4.90 Å². The van der Waals surface area contributed by atoms with Crippen molar-refractivity contribution in [3.63, 3.8) is 0 Å². The zero-order chi connectivity index (χ0) is 13.1. The van der Waals surface area contributed by atoms with E-state index in [1.165, 1.54) is 0 Å². The number of carbonyl (C=O) groups is 2. The molecule has 2 unspecified atom stereocenters. The number of hydrogen-bond acceptors (Lipinski definition) is 3. The van der Waals surface area contributed by atoms with Crippen LogP contribution in [-0.2, 0) is 4.79 Å². The number of nitrogens with zero attached hydrogens (tertiary/aromatic N) is 1. The molecule has 3 N–H and O–H groups in total. The van der Waals surface area contributed by atoms with E-state index in [-0.39, 0.29) is 19.1 Å². The minimum atomic E-state index is -1.07. The third kappa shape index (κ3) is 2.88. The predicted molar refractivity (Wildman–Crippen MR) is 59.8 cm³/mol. The number of aliphatic hydroxyl groups is 1. The molecule has 1 rings (SSSR count). The number of carboxylic acid groups (broad SMARTS) is 2. The van der Waals surface area contributed by atoms with E-state index in [1.807, 2.05) is 0 Å². The van der Waals surface area contributed by atoms with Crippen LogP contribution < -0.4 is 0 Å². The van der Waals surface area contributed by atoms with Gasteiger partial charge in [-0.3, -0.25) is 4.79 Å². The SMILES string of the molecule is CC1(C(=O)O)CN(C(=O)O)CCC1CCCO. The van der Waals surface area contributed by atoms with E-state index in [0.717, 1.165) is 4.90 Å². The second-order valence-electron chi connectivity index (χ2n) is 4.78. The lowest BCUT2D eigenvalue weighted by molar-refractivity contribution is -0.155. The Balaban J connectivity index is 2.80. The summed E-state index contributed by atoms with van der Waals surface area (Å²) in [5.41, 5.74) is -1.05. The average Bonchev–Trinajstić information content (AvgIpc) is 2.27. The summed E-state index contributed by atoms with van der Waals surface area (Å²) in [5.74, 6) is -1.05. The molecule has 0 aromatic rings. The highest BCUT2D eigenvalue weighted by molar-refractivity contribution is 5.76. The van der Waals surface area contributed by atoms with Gasteiger partial charge in [-0.2, -0.15) is 0 Å². The van der Waals surface area contributed by atoms with Gasteiger partial charge in [-0.25, -0.2) is 4.79 Å². The van der Waals surface area contributed by atoms with Gasteiger partial charge >= 0.3 is 12.1 Å². The molecule has 0 spiro atoms. The van der Waals surface area contributed by atoms with Crippen molar-refractivity contribution < 1.29 is 24.9 Å². The second kappa shape index (κ2) is 5.35. The van der Waals surface area contributed by atoms with Crippen LogP contribution in [0.5, 0.6) is 0 Å². The van der Waals surface area contributed by atoms with Gasteiger partial charge in [0.05, 0.1) is 5.41 Å². The summed E-state index contributed by atoms with van der Waals surface area (Å²) < 4.78 is 0.